The van der Waals surface area contributed by atoms with Crippen molar-refractivity contribution in [2.45, 2.75) is 46.1 Å². The number of nitrogens with two attached hydrogens (primary N) is 1. The van der Waals surface area contributed by atoms with Crippen LogP contribution < -0.4 is 11.3 Å². The maximum atomic E-state index is 5.87. The van der Waals surface area contributed by atoms with Gasteiger partial charge in [0.05, 0.1) is 0 Å². The molecule has 0 bridgehead atoms. The summed E-state index contributed by atoms with van der Waals surface area (Å²) in [7, 11) is 0. The minimum Gasteiger partial charge on any atom is -0.271 e. The standard InChI is InChI=1S/C16H25BrN2/c1-10-7-8-13(9-11(10)2)16(19-18)14-5-4-6-15(17)12(14)3/h4-6,10-11,13,16,19H,7-9,18H2,1-3H3. The molecule has 1 saturated carbocycles. The van der Waals surface area contributed by atoms with Crippen molar-refractivity contribution < 1.29 is 0 Å². The van der Waals surface area contributed by atoms with Crippen LogP contribution >= 0.6 is 15.9 Å². The summed E-state index contributed by atoms with van der Waals surface area (Å²) in [6, 6.07) is 6.67. The molecule has 106 valence electrons. The summed E-state index contributed by atoms with van der Waals surface area (Å²) in [6.07, 6.45) is 3.85. The fourth-order valence-corrected chi connectivity index (χ4v) is 3.71. The van der Waals surface area contributed by atoms with Crippen LogP contribution in [0.25, 0.3) is 0 Å². The van der Waals surface area contributed by atoms with Crippen LogP contribution in [0, 0.1) is 24.7 Å². The largest absolute Gasteiger partial charge is 0.271 e. The van der Waals surface area contributed by atoms with E-state index in [1.807, 2.05) is 0 Å². The van der Waals surface area contributed by atoms with Crippen molar-refractivity contribution in [2.24, 2.45) is 23.6 Å². The number of benzene rings is 1. The van der Waals surface area contributed by atoms with Gasteiger partial charge in [0, 0.05) is 10.5 Å². The van der Waals surface area contributed by atoms with Crippen molar-refractivity contribution in [3.63, 3.8) is 0 Å². The zero-order chi connectivity index (χ0) is 14.0. The van der Waals surface area contributed by atoms with Gasteiger partial charge in [0.2, 0.25) is 0 Å². The Morgan fingerprint density at radius 2 is 2.00 bits per heavy atom. The Hall–Kier alpha value is -0.380. The van der Waals surface area contributed by atoms with Gasteiger partial charge < -0.3 is 0 Å². The average molecular weight is 325 g/mol. The van der Waals surface area contributed by atoms with E-state index in [9.17, 15) is 0 Å². The van der Waals surface area contributed by atoms with Crippen LogP contribution in [-0.2, 0) is 0 Å². The molecule has 0 aromatic heterocycles. The van der Waals surface area contributed by atoms with Gasteiger partial charge in [-0.2, -0.15) is 0 Å². The fraction of sp³-hybridized carbons (Fsp3) is 0.625. The van der Waals surface area contributed by atoms with Crippen molar-refractivity contribution in [2.75, 3.05) is 0 Å². The summed E-state index contributed by atoms with van der Waals surface area (Å²) in [5, 5.41) is 0. The van der Waals surface area contributed by atoms with Crippen molar-refractivity contribution in [1.82, 2.24) is 5.43 Å². The minimum atomic E-state index is 0.271. The Bertz CT molecular complexity index is 433. The highest BCUT2D eigenvalue weighted by Crippen LogP contribution is 2.40. The summed E-state index contributed by atoms with van der Waals surface area (Å²) >= 11 is 3.62. The highest BCUT2D eigenvalue weighted by molar-refractivity contribution is 9.10. The van der Waals surface area contributed by atoms with Crippen LogP contribution in [-0.4, -0.2) is 0 Å². The second kappa shape index (κ2) is 6.38. The van der Waals surface area contributed by atoms with E-state index in [-0.39, 0.29) is 6.04 Å². The summed E-state index contributed by atoms with van der Waals surface area (Å²) in [5.74, 6) is 8.15. The first kappa shape index (κ1) is 15.0. The SMILES string of the molecule is Cc1c(Br)cccc1C(NN)C1CCC(C)C(C)C1. The van der Waals surface area contributed by atoms with Gasteiger partial charge in [-0.1, -0.05) is 48.3 Å². The molecule has 1 aliphatic rings. The normalized spacial score (nSPS) is 29.2. The van der Waals surface area contributed by atoms with Gasteiger partial charge >= 0.3 is 0 Å². The van der Waals surface area contributed by atoms with Gasteiger partial charge in [0.1, 0.15) is 0 Å². The summed E-state index contributed by atoms with van der Waals surface area (Å²) in [4.78, 5) is 0. The van der Waals surface area contributed by atoms with E-state index in [1.165, 1.54) is 34.9 Å². The molecule has 2 rings (SSSR count). The van der Waals surface area contributed by atoms with Crippen LogP contribution in [0.3, 0.4) is 0 Å². The van der Waals surface area contributed by atoms with Gasteiger partial charge in [0.25, 0.3) is 0 Å². The Kier molecular flexibility index (Phi) is 5.04. The molecule has 19 heavy (non-hydrogen) atoms. The number of hydrazine groups is 1. The smallest absolute Gasteiger partial charge is 0.0491 e. The van der Waals surface area contributed by atoms with E-state index in [2.05, 4.69) is 60.3 Å². The third-order valence-corrected chi connectivity index (χ3v) is 5.79. The fourth-order valence-electron chi connectivity index (χ4n) is 3.33. The average Bonchev–Trinajstić information content (AvgIpc) is 2.39. The van der Waals surface area contributed by atoms with Gasteiger partial charge in [-0.25, -0.2) is 0 Å². The van der Waals surface area contributed by atoms with Crippen molar-refractivity contribution in [3.05, 3.63) is 33.8 Å². The van der Waals surface area contributed by atoms with Crippen molar-refractivity contribution in [1.29, 1.82) is 0 Å². The molecule has 0 radical (unpaired) electrons. The van der Waals surface area contributed by atoms with Gasteiger partial charge in [-0.3, -0.25) is 11.3 Å². The molecule has 1 aliphatic carbocycles. The number of rotatable bonds is 3. The first-order valence-corrected chi connectivity index (χ1v) is 8.05. The quantitative estimate of drug-likeness (QED) is 0.641. The summed E-state index contributed by atoms with van der Waals surface area (Å²) in [5.41, 5.74) is 5.71. The van der Waals surface area contributed by atoms with Crippen LogP contribution in [0.4, 0.5) is 0 Å². The van der Waals surface area contributed by atoms with Crippen LogP contribution in [0.2, 0.25) is 0 Å². The van der Waals surface area contributed by atoms with E-state index in [0.717, 1.165) is 11.8 Å². The van der Waals surface area contributed by atoms with E-state index in [1.54, 1.807) is 0 Å². The summed E-state index contributed by atoms with van der Waals surface area (Å²) < 4.78 is 1.17. The van der Waals surface area contributed by atoms with Gasteiger partial charge in [-0.15, -0.1) is 0 Å². The topological polar surface area (TPSA) is 38.0 Å². The minimum absolute atomic E-state index is 0.271. The molecule has 3 heteroatoms. The first-order valence-electron chi connectivity index (χ1n) is 7.25. The molecule has 4 unspecified atom stereocenters. The molecule has 3 N–H and O–H groups in total. The Balaban J connectivity index is 2.22. The van der Waals surface area contributed by atoms with Crippen molar-refractivity contribution >= 4 is 15.9 Å². The second-order valence-corrected chi connectivity index (χ2v) is 6.98. The van der Waals surface area contributed by atoms with Crippen LogP contribution in [0.15, 0.2) is 22.7 Å². The maximum Gasteiger partial charge on any atom is 0.0491 e. The monoisotopic (exact) mass is 324 g/mol. The third-order valence-electron chi connectivity index (χ3n) is 4.93. The lowest BCUT2D eigenvalue weighted by Crippen LogP contribution is -2.37. The predicted octanol–water partition coefficient (Wildman–Crippen LogP) is 4.33. The number of hydrogen-bond acceptors (Lipinski definition) is 2. The molecule has 0 heterocycles. The molecule has 1 fully saturated rings. The Labute approximate surface area is 125 Å². The molecular weight excluding hydrogens is 300 g/mol. The Morgan fingerprint density at radius 3 is 2.63 bits per heavy atom. The number of halogens is 1. The van der Waals surface area contributed by atoms with E-state index in [0.29, 0.717) is 5.92 Å². The lowest BCUT2D eigenvalue weighted by atomic mass is 9.72. The Morgan fingerprint density at radius 1 is 1.26 bits per heavy atom. The lowest BCUT2D eigenvalue weighted by molar-refractivity contribution is 0.171. The predicted molar refractivity (Wildman–Crippen MR) is 84.6 cm³/mol. The second-order valence-electron chi connectivity index (χ2n) is 6.13. The van der Waals surface area contributed by atoms with E-state index in [4.69, 9.17) is 5.84 Å². The highest BCUT2D eigenvalue weighted by atomic mass is 79.9. The molecule has 2 nitrogen and oxygen atoms in total. The van der Waals surface area contributed by atoms with Crippen LogP contribution in [0.1, 0.15) is 50.3 Å². The summed E-state index contributed by atoms with van der Waals surface area (Å²) in [6.45, 7) is 6.91. The first-order chi connectivity index (χ1) is 9.04. The molecule has 0 amide bonds. The van der Waals surface area contributed by atoms with E-state index < -0.39 is 0 Å². The third kappa shape index (κ3) is 3.21. The molecular formula is C16H25BrN2. The zero-order valence-electron chi connectivity index (χ0n) is 12.1. The molecule has 1 aromatic rings. The zero-order valence-corrected chi connectivity index (χ0v) is 13.7. The number of hydrogen-bond donors (Lipinski definition) is 2. The van der Waals surface area contributed by atoms with Gasteiger partial charge in [0.15, 0.2) is 0 Å². The maximum absolute atomic E-state index is 5.87. The van der Waals surface area contributed by atoms with Crippen molar-refractivity contribution in [3.8, 4) is 0 Å². The van der Waals surface area contributed by atoms with Gasteiger partial charge in [-0.05, 0) is 54.7 Å². The lowest BCUT2D eigenvalue weighted by Gasteiger charge is -2.37. The molecule has 4 atom stereocenters. The molecule has 0 spiro atoms. The molecule has 0 saturated heterocycles. The van der Waals surface area contributed by atoms with Crippen LogP contribution in [0.5, 0.6) is 0 Å². The number of nitrogens with one attached hydrogen (secondary N) is 1. The van der Waals surface area contributed by atoms with E-state index >= 15 is 0 Å². The molecule has 0 aliphatic heterocycles. The molecule has 1 aromatic carbocycles. The highest BCUT2D eigenvalue weighted by Gasteiger charge is 2.31.